The highest BCUT2D eigenvalue weighted by atomic mass is 19.1. The fraction of sp³-hybridized carbons (Fsp3) is 0.231. The van der Waals surface area contributed by atoms with Crippen molar-refractivity contribution in [1.82, 2.24) is 9.97 Å². The number of rotatable bonds is 4. The van der Waals surface area contributed by atoms with Crippen molar-refractivity contribution in [1.29, 1.82) is 0 Å². The minimum atomic E-state index is -0.220. The predicted molar refractivity (Wildman–Crippen MR) is 68.4 cm³/mol. The fourth-order valence-corrected chi connectivity index (χ4v) is 1.60. The van der Waals surface area contributed by atoms with Crippen LogP contribution in [0.1, 0.15) is 11.1 Å². The minimum absolute atomic E-state index is 0.220. The molecule has 0 aliphatic rings. The molecule has 0 amide bonds. The Hall–Kier alpha value is -2.01. The second-order valence-electron chi connectivity index (χ2n) is 4.04. The first-order chi connectivity index (χ1) is 8.70. The molecule has 2 aromatic rings. The maximum Gasteiger partial charge on any atom is 0.225 e. The first-order valence-corrected chi connectivity index (χ1v) is 5.66. The number of hydrogen-bond acceptors (Lipinski definition) is 4. The Bertz CT molecular complexity index is 513. The standard InChI is InChI=1S/C13H15FN4/c1-18(9-11-4-2-3-5-12(11)14)13-16-7-10(6-15)8-17-13/h2-5,7-8H,6,9,15H2,1H3. The van der Waals surface area contributed by atoms with Crippen LogP contribution in [-0.2, 0) is 13.1 Å². The Labute approximate surface area is 105 Å². The normalized spacial score (nSPS) is 10.4. The molecule has 0 spiro atoms. The molecule has 18 heavy (non-hydrogen) atoms. The van der Waals surface area contributed by atoms with Gasteiger partial charge in [-0.1, -0.05) is 18.2 Å². The van der Waals surface area contributed by atoms with E-state index in [-0.39, 0.29) is 5.82 Å². The number of nitrogens with zero attached hydrogens (tertiary/aromatic N) is 3. The van der Waals surface area contributed by atoms with E-state index in [9.17, 15) is 4.39 Å². The summed E-state index contributed by atoms with van der Waals surface area (Å²) in [6.45, 7) is 0.839. The molecule has 0 aliphatic heterocycles. The third-order valence-electron chi connectivity index (χ3n) is 2.63. The van der Waals surface area contributed by atoms with Gasteiger partial charge in [0.1, 0.15) is 5.82 Å². The van der Waals surface area contributed by atoms with E-state index in [1.807, 2.05) is 13.1 Å². The van der Waals surface area contributed by atoms with Crippen LogP contribution in [0.25, 0.3) is 0 Å². The number of aromatic nitrogens is 2. The molecule has 1 aromatic heterocycles. The van der Waals surface area contributed by atoms with E-state index in [4.69, 9.17) is 5.73 Å². The fourth-order valence-electron chi connectivity index (χ4n) is 1.60. The van der Waals surface area contributed by atoms with Gasteiger partial charge >= 0.3 is 0 Å². The van der Waals surface area contributed by atoms with Crippen LogP contribution in [0.3, 0.4) is 0 Å². The van der Waals surface area contributed by atoms with Crippen molar-refractivity contribution in [2.45, 2.75) is 13.1 Å². The lowest BCUT2D eigenvalue weighted by atomic mass is 10.2. The molecule has 0 radical (unpaired) electrons. The van der Waals surface area contributed by atoms with Crippen molar-refractivity contribution in [3.8, 4) is 0 Å². The van der Waals surface area contributed by atoms with Crippen LogP contribution in [0, 0.1) is 5.82 Å². The third-order valence-corrected chi connectivity index (χ3v) is 2.63. The summed E-state index contributed by atoms with van der Waals surface area (Å²) in [5, 5.41) is 0. The van der Waals surface area contributed by atoms with Crippen LogP contribution in [0.4, 0.5) is 10.3 Å². The van der Waals surface area contributed by atoms with Gasteiger partial charge < -0.3 is 10.6 Å². The van der Waals surface area contributed by atoms with Gasteiger partial charge in [-0.05, 0) is 6.07 Å². The van der Waals surface area contributed by atoms with Gasteiger partial charge in [0.25, 0.3) is 0 Å². The van der Waals surface area contributed by atoms with Crippen LogP contribution in [0.15, 0.2) is 36.7 Å². The number of halogens is 1. The molecule has 94 valence electrons. The van der Waals surface area contributed by atoms with Crippen molar-refractivity contribution in [3.63, 3.8) is 0 Å². The molecule has 0 unspecified atom stereocenters. The molecule has 1 heterocycles. The maximum absolute atomic E-state index is 13.5. The topological polar surface area (TPSA) is 55.0 Å². The summed E-state index contributed by atoms with van der Waals surface area (Å²) in [7, 11) is 1.82. The highest BCUT2D eigenvalue weighted by Gasteiger charge is 2.08. The summed E-state index contributed by atoms with van der Waals surface area (Å²) in [5.74, 6) is 0.332. The first-order valence-electron chi connectivity index (χ1n) is 5.66. The van der Waals surface area contributed by atoms with E-state index in [1.54, 1.807) is 29.4 Å². The summed E-state index contributed by atoms with van der Waals surface area (Å²) in [5.41, 5.74) is 6.97. The molecule has 0 aliphatic carbocycles. The van der Waals surface area contributed by atoms with Crippen molar-refractivity contribution in [3.05, 3.63) is 53.6 Å². The van der Waals surface area contributed by atoms with Gasteiger partial charge in [0, 0.05) is 43.7 Å². The summed E-state index contributed by atoms with van der Waals surface area (Å²) < 4.78 is 13.5. The van der Waals surface area contributed by atoms with Crippen LogP contribution in [-0.4, -0.2) is 17.0 Å². The van der Waals surface area contributed by atoms with Gasteiger partial charge in [-0.15, -0.1) is 0 Å². The van der Waals surface area contributed by atoms with Crippen LogP contribution < -0.4 is 10.6 Å². The van der Waals surface area contributed by atoms with Gasteiger partial charge in [-0.2, -0.15) is 0 Å². The van der Waals surface area contributed by atoms with Crippen molar-refractivity contribution in [2.24, 2.45) is 5.73 Å². The predicted octanol–water partition coefficient (Wildman–Crippen LogP) is 1.71. The molecular formula is C13H15FN4. The third kappa shape index (κ3) is 2.81. The Morgan fingerprint density at radius 1 is 1.22 bits per heavy atom. The summed E-state index contributed by atoms with van der Waals surface area (Å²) in [6, 6.07) is 6.68. The molecule has 5 heteroatoms. The summed E-state index contributed by atoms with van der Waals surface area (Å²) >= 11 is 0. The Morgan fingerprint density at radius 2 is 1.89 bits per heavy atom. The Kier molecular flexibility index (Phi) is 3.84. The average molecular weight is 246 g/mol. The molecule has 0 bridgehead atoms. The molecule has 0 fully saturated rings. The lowest BCUT2D eigenvalue weighted by Crippen LogP contribution is -2.20. The molecule has 2 N–H and O–H groups in total. The van der Waals surface area contributed by atoms with Crippen LogP contribution in [0.5, 0.6) is 0 Å². The second kappa shape index (κ2) is 5.55. The minimum Gasteiger partial charge on any atom is -0.339 e. The molecule has 0 atom stereocenters. The van der Waals surface area contributed by atoms with Gasteiger partial charge in [0.05, 0.1) is 0 Å². The molecule has 0 saturated heterocycles. The zero-order valence-corrected chi connectivity index (χ0v) is 10.2. The van der Waals surface area contributed by atoms with E-state index in [1.165, 1.54) is 6.07 Å². The van der Waals surface area contributed by atoms with E-state index < -0.39 is 0 Å². The highest BCUT2D eigenvalue weighted by Crippen LogP contribution is 2.12. The van der Waals surface area contributed by atoms with Crippen molar-refractivity contribution in [2.75, 3.05) is 11.9 Å². The van der Waals surface area contributed by atoms with Gasteiger partial charge in [0.15, 0.2) is 0 Å². The SMILES string of the molecule is CN(Cc1ccccc1F)c1ncc(CN)cn1. The van der Waals surface area contributed by atoms with Gasteiger partial charge in [-0.25, -0.2) is 14.4 Å². The monoisotopic (exact) mass is 246 g/mol. The zero-order chi connectivity index (χ0) is 13.0. The van der Waals surface area contributed by atoms with Crippen molar-refractivity contribution >= 4 is 5.95 Å². The van der Waals surface area contributed by atoms with Crippen LogP contribution >= 0.6 is 0 Å². The van der Waals surface area contributed by atoms with Crippen LogP contribution in [0.2, 0.25) is 0 Å². The number of benzene rings is 1. The van der Waals surface area contributed by atoms with E-state index >= 15 is 0 Å². The van der Waals surface area contributed by atoms with Gasteiger partial charge in [0.2, 0.25) is 5.95 Å². The Balaban J connectivity index is 2.11. The lowest BCUT2D eigenvalue weighted by Gasteiger charge is -2.17. The first kappa shape index (κ1) is 12.4. The average Bonchev–Trinajstić information content (AvgIpc) is 2.41. The van der Waals surface area contributed by atoms with E-state index in [0.717, 1.165) is 5.56 Å². The molecule has 0 saturated carbocycles. The molecule has 1 aromatic carbocycles. The number of hydrogen-bond donors (Lipinski definition) is 1. The lowest BCUT2D eigenvalue weighted by molar-refractivity contribution is 0.607. The maximum atomic E-state index is 13.5. The molecule has 2 rings (SSSR count). The smallest absolute Gasteiger partial charge is 0.225 e. The molecular weight excluding hydrogens is 231 g/mol. The molecule has 4 nitrogen and oxygen atoms in total. The van der Waals surface area contributed by atoms with Crippen molar-refractivity contribution < 1.29 is 4.39 Å². The second-order valence-corrected chi connectivity index (χ2v) is 4.04. The summed E-state index contributed by atoms with van der Waals surface area (Å²) in [6.07, 6.45) is 3.36. The van der Waals surface area contributed by atoms with Gasteiger partial charge in [-0.3, -0.25) is 0 Å². The quantitative estimate of drug-likeness (QED) is 0.892. The summed E-state index contributed by atoms with van der Waals surface area (Å²) in [4.78, 5) is 10.2. The number of anilines is 1. The number of nitrogens with two attached hydrogens (primary N) is 1. The highest BCUT2D eigenvalue weighted by molar-refractivity contribution is 5.31. The van der Waals surface area contributed by atoms with E-state index in [2.05, 4.69) is 9.97 Å². The Morgan fingerprint density at radius 3 is 2.50 bits per heavy atom. The largest absolute Gasteiger partial charge is 0.339 e. The van der Waals surface area contributed by atoms with E-state index in [0.29, 0.717) is 24.6 Å². The zero-order valence-electron chi connectivity index (χ0n) is 10.2.